The quantitative estimate of drug-likeness (QED) is 0.429. The van der Waals surface area contributed by atoms with E-state index in [9.17, 15) is 14.7 Å². The van der Waals surface area contributed by atoms with Gasteiger partial charge in [-0.15, -0.1) is 10.2 Å². The Hall–Kier alpha value is -3.32. The van der Waals surface area contributed by atoms with E-state index in [2.05, 4.69) is 10.2 Å². The largest absolute Gasteiger partial charge is 0.507 e. The van der Waals surface area contributed by atoms with Gasteiger partial charge >= 0.3 is 5.91 Å². The minimum absolute atomic E-state index is 0.0465. The first kappa shape index (κ1) is 17.1. The summed E-state index contributed by atoms with van der Waals surface area (Å²) in [6.45, 7) is 1.78. The van der Waals surface area contributed by atoms with Gasteiger partial charge in [0, 0.05) is 5.56 Å². The number of benzene rings is 2. The number of hydrogen-bond donors (Lipinski definition) is 1. The van der Waals surface area contributed by atoms with Crippen molar-refractivity contribution in [1.29, 1.82) is 0 Å². The molecule has 0 spiro atoms. The van der Waals surface area contributed by atoms with Gasteiger partial charge in [-0.05, 0) is 12.5 Å². The summed E-state index contributed by atoms with van der Waals surface area (Å²) < 4.78 is 0. The molecule has 7 heteroatoms. The molecule has 1 aromatic heterocycles. The first-order valence-corrected chi connectivity index (χ1v) is 9.11. The van der Waals surface area contributed by atoms with Crippen LogP contribution in [0, 0.1) is 6.92 Å². The van der Waals surface area contributed by atoms with Crippen molar-refractivity contribution in [2.75, 3.05) is 4.90 Å². The number of carbonyl (C=O) groups is 2. The van der Waals surface area contributed by atoms with E-state index >= 15 is 0 Å². The third-order valence-corrected chi connectivity index (χ3v) is 5.17. The minimum Gasteiger partial charge on any atom is -0.507 e. The van der Waals surface area contributed by atoms with E-state index in [4.69, 9.17) is 0 Å². The van der Waals surface area contributed by atoms with Gasteiger partial charge in [-0.3, -0.25) is 14.5 Å². The molecule has 134 valence electrons. The molecule has 1 aliphatic heterocycles. The lowest BCUT2D eigenvalue weighted by molar-refractivity contribution is -0.132. The van der Waals surface area contributed by atoms with E-state index in [1.165, 1.54) is 16.2 Å². The number of aliphatic hydroxyl groups excluding tert-OH is 1. The van der Waals surface area contributed by atoms with Crippen LogP contribution in [0.25, 0.3) is 5.76 Å². The zero-order chi connectivity index (χ0) is 19.0. The fourth-order valence-electron chi connectivity index (χ4n) is 3.12. The number of anilines is 1. The number of hydrogen-bond acceptors (Lipinski definition) is 6. The number of aromatic nitrogens is 2. The van der Waals surface area contributed by atoms with Crippen molar-refractivity contribution < 1.29 is 14.7 Å². The molecule has 3 aromatic rings. The molecule has 1 N–H and O–H groups in total. The van der Waals surface area contributed by atoms with E-state index in [0.29, 0.717) is 21.3 Å². The third-order valence-electron chi connectivity index (χ3n) is 4.33. The molecule has 4 rings (SSSR count). The Balaban J connectivity index is 1.94. The summed E-state index contributed by atoms with van der Waals surface area (Å²) in [5.74, 6) is -1.66. The number of rotatable bonds is 3. The predicted molar refractivity (Wildman–Crippen MR) is 102 cm³/mol. The fourth-order valence-corrected chi connectivity index (χ4v) is 3.83. The van der Waals surface area contributed by atoms with E-state index < -0.39 is 17.7 Å². The molecular formula is C20H15N3O3S. The summed E-state index contributed by atoms with van der Waals surface area (Å²) in [4.78, 5) is 27.0. The van der Waals surface area contributed by atoms with Crippen molar-refractivity contribution in [3.05, 3.63) is 82.4 Å². The molecule has 1 atom stereocenters. The van der Waals surface area contributed by atoms with Crippen LogP contribution in [0.3, 0.4) is 0 Å². The average Bonchev–Trinajstić information content (AvgIpc) is 3.24. The summed E-state index contributed by atoms with van der Waals surface area (Å²) in [5, 5.41) is 19.9. The van der Waals surface area contributed by atoms with Crippen molar-refractivity contribution >= 4 is 33.9 Å². The number of ketones is 1. The van der Waals surface area contributed by atoms with Crippen LogP contribution in [0.2, 0.25) is 0 Å². The lowest BCUT2D eigenvalue weighted by Crippen LogP contribution is -2.29. The average molecular weight is 377 g/mol. The van der Waals surface area contributed by atoms with Gasteiger partial charge in [0.05, 0.1) is 11.6 Å². The normalized spacial score (nSPS) is 18.9. The third kappa shape index (κ3) is 2.92. The second-order valence-electron chi connectivity index (χ2n) is 6.05. The number of carbonyl (C=O) groups excluding carboxylic acids is 2. The standard InChI is InChI=1S/C20H15N3O3S/c1-12-21-22-20(27-12)23-16(13-8-4-2-5-9-13)15(18(25)19(23)26)17(24)14-10-6-3-7-11-14/h2-11,16,24H,1H3. The van der Waals surface area contributed by atoms with Crippen LogP contribution in [0.5, 0.6) is 0 Å². The molecule has 0 radical (unpaired) electrons. The highest BCUT2D eigenvalue weighted by Gasteiger charge is 2.48. The highest BCUT2D eigenvalue weighted by atomic mass is 32.1. The number of nitrogens with zero attached hydrogens (tertiary/aromatic N) is 3. The molecular weight excluding hydrogens is 362 g/mol. The van der Waals surface area contributed by atoms with Crippen LogP contribution in [0.4, 0.5) is 5.13 Å². The Morgan fingerprint density at radius 1 is 1.00 bits per heavy atom. The van der Waals surface area contributed by atoms with E-state index in [1.54, 1.807) is 31.2 Å². The number of amides is 1. The molecule has 0 bridgehead atoms. The Morgan fingerprint density at radius 3 is 2.22 bits per heavy atom. The van der Waals surface area contributed by atoms with Crippen LogP contribution in [-0.2, 0) is 9.59 Å². The molecule has 2 aromatic carbocycles. The number of aliphatic hydroxyl groups is 1. The zero-order valence-corrected chi connectivity index (χ0v) is 15.2. The molecule has 1 saturated heterocycles. The number of aryl methyl sites for hydroxylation is 1. The van der Waals surface area contributed by atoms with Gasteiger partial charge in [-0.2, -0.15) is 0 Å². The molecule has 1 unspecified atom stereocenters. The first-order chi connectivity index (χ1) is 13.1. The Morgan fingerprint density at radius 2 is 1.63 bits per heavy atom. The van der Waals surface area contributed by atoms with E-state index in [-0.39, 0.29) is 11.3 Å². The van der Waals surface area contributed by atoms with Crippen molar-refractivity contribution in [2.45, 2.75) is 13.0 Å². The van der Waals surface area contributed by atoms with E-state index in [1.807, 2.05) is 36.4 Å². The lowest BCUT2D eigenvalue weighted by Gasteiger charge is -2.22. The van der Waals surface area contributed by atoms with Gasteiger partial charge in [0.2, 0.25) is 5.13 Å². The van der Waals surface area contributed by atoms with E-state index in [0.717, 1.165) is 0 Å². The zero-order valence-electron chi connectivity index (χ0n) is 14.4. The van der Waals surface area contributed by atoms with Crippen LogP contribution in [-0.4, -0.2) is 27.0 Å². The van der Waals surface area contributed by atoms with Crippen molar-refractivity contribution in [3.63, 3.8) is 0 Å². The molecule has 6 nitrogen and oxygen atoms in total. The molecule has 0 aliphatic carbocycles. The second-order valence-corrected chi connectivity index (χ2v) is 7.21. The van der Waals surface area contributed by atoms with Crippen LogP contribution >= 0.6 is 11.3 Å². The predicted octanol–water partition coefficient (Wildman–Crippen LogP) is 3.47. The van der Waals surface area contributed by atoms with Crippen LogP contribution in [0.15, 0.2) is 66.2 Å². The van der Waals surface area contributed by atoms with Gasteiger partial charge in [0.25, 0.3) is 5.78 Å². The molecule has 1 fully saturated rings. The summed E-state index contributed by atoms with van der Waals surface area (Å²) in [6.07, 6.45) is 0. The van der Waals surface area contributed by atoms with Crippen molar-refractivity contribution in [3.8, 4) is 0 Å². The summed E-state index contributed by atoms with van der Waals surface area (Å²) in [5.41, 5.74) is 1.23. The van der Waals surface area contributed by atoms with Gasteiger partial charge in [0.1, 0.15) is 10.8 Å². The van der Waals surface area contributed by atoms with Crippen LogP contribution in [0.1, 0.15) is 22.2 Å². The van der Waals surface area contributed by atoms with Gasteiger partial charge < -0.3 is 5.11 Å². The number of Topliss-reactive ketones (excluding diaryl/α,β-unsaturated/α-hetero) is 1. The lowest BCUT2D eigenvalue weighted by atomic mass is 9.95. The van der Waals surface area contributed by atoms with Gasteiger partial charge in [-0.25, -0.2) is 0 Å². The SMILES string of the molecule is Cc1nnc(N2C(=O)C(=O)C(=C(O)c3ccccc3)C2c2ccccc2)s1. The van der Waals surface area contributed by atoms with Crippen molar-refractivity contribution in [1.82, 2.24) is 10.2 Å². The molecule has 2 heterocycles. The summed E-state index contributed by atoms with van der Waals surface area (Å²) in [6, 6.07) is 17.1. The monoisotopic (exact) mass is 377 g/mol. The molecule has 1 amide bonds. The molecule has 1 aliphatic rings. The topological polar surface area (TPSA) is 83.4 Å². The first-order valence-electron chi connectivity index (χ1n) is 8.29. The molecule has 0 saturated carbocycles. The highest BCUT2D eigenvalue weighted by Crippen LogP contribution is 2.42. The highest BCUT2D eigenvalue weighted by molar-refractivity contribution is 7.15. The van der Waals surface area contributed by atoms with Gasteiger partial charge in [0.15, 0.2) is 0 Å². The maximum atomic E-state index is 12.8. The van der Waals surface area contributed by atoms with Gasteiger partial charge in [-0.1, -0.05) is 72.0 Å². The summed E-state index contributed by atoms with van der Waals surface area (Å²) >= 11 is 1.23. The second kappa shape index (κ2) is 6.77. The minimum atomic E-state index is -0.765. The summed E-state index contributed by atoms with van der Waals surface area (Å²) in [7, 11) is 0. The van der Waals surface area contributed by atoms with Crippen molar-refractivity contribution in [2.24, 2.45) is 0 Å². The maximum absolute atomic E-state index is 12.8. The Kier molecular flexibility index (Phi) is 4.29. The fraction of sp³-hybridized carbons (Fsp3) is 0.100. The maximum Gasteiger partial charge on any atom is 0.301 e. The smallest absolute Gasteiger partial charge is 0.301 e. The molecule has 27 heavy (non-hydrogen) atoms. The Bertz CT molecular complexity index is 1040. The Labute approximate surface area is 159 Å². The van der Waals surface area contributed by atoms with Crippen LogP contribution < -0.4 is 4.90 Å².